The maximum atomic E-state index is 11.4. The number of esters is 2. The van der Waals surface area contributed by atoms with E-state index in [2.05, 4.69) is 11.3 Å². The highest BCUT2D eigenvalue weighted by Crippen LogP contribution is 2.23. The zero-order valence-corrected chi connectivity index (χ0v) is 10.6. The molecule has 6 heteroatoms. The van der Waals surface area contributed by atoms with E-state index in [9.17, 15) is 9.59 Å². The van der Waals surface area contributed by atoms with Crippen molar-refractivity contribution in [2.75, 3.05) is 24.7 Å². The summed E-state index contributed by atoms with van der Waals surface area (Å²) < 4.78 is 15.2. The Balaban J connectivity index is 2.37. The summed E-state index contributed by atoms with van der Waals surface area (Å²) in [5, 5.41) is 0. The fraction of sp³-hybridized carbons (Fsp3) is 0.636. The Morgan fingerprint density at radius 2 is 2.35 bits per heavy atom. The predicted octanol–water partition coefficient (Wildman–Crippen LogP) is 1.13. The van der Waals surface area contributed by atoms with Crippen LogP contribution in [0.5, 0.6) is 0 Å². The summed E-state index contributed by atoms with van der Waals surface area (Å²) in [7, 11) is 0. The van der Waals surface area contributed by atoms with Gasteiger partial charge in [0.2, 0.25) is 5.79 Å². The van der Waals surface area contributed by atoms with Crippen LogP contribution in [-0.2, 0) is 23.8 Å². The number of ether oxygens (including phenoxy) is 3. The van der Waals surface area contributed by atoms with Crippen LogP contribution < -0.4 is 0 Å². The number of carbonyl (C=O) groups is 2. The summed E-state index contributed by atoms with van der Waals surface area (Å²) in [5.41, 5.74) is 0. The molecule has 0 amide bonds. The van der Waals surface area contributed by atoms with Crippen molar-refractivity contribution in [1.29, 1.82) is 0 Å². The lowest BCUT2D eigenvalue weighted by atomic mass is 10.3. The number of thioether (sulfide) groups is 1. The van der Waals surface area contributed by atoms with Crippen LogP contribution >= 0.6 is 11.8 Å². The van der Waals surface area contributed by atoms with Gasteiger partial charge in [-0.05, 0) is 12.2 Å². The number of hydrogen-bond acceptors (Lipinski definition) is 6. The summed E-state index contributed by atoms with van der Waals surface area (Å²) in [5.74, 6) is -0.639. The number of rotatable bonds is 4. The van der Waals surface area contributed by atoms with Crippen LogP contribution in [-0.4, -0.2) is 42.4 Å². The van der Waals surface area contributed by atoms with E-state index < -0.39 is 24.3 Å². The quantitative estimate of drug-likeness (QED) is 0.558. The molecule has 0 aliphatic carbocycles. The maximum absolute atomic E-state index is 11.4. The number of hydrogen-bond donors (Lipinski definition) is 0. The molecule has 1 aliphatic heterocycles. The van der Waals surface area contributed by atoms with E-state index in [1.165, 1.54) is 0 Å². The third-order valence-electron chi connectivity index (χ3n) is 2.03. The topological polar surface area (TPSA) is 61.8 Å². The largest absolute Gasteiger partial charge is 0.451 e. The molecule has 0 aromatic heterocycles. The summed E-state index contributed by atoms with van der Waals surface area (Å²) in [6.45, 7) is 5.07. The highest BCUT2D eigenvalue weighted by molar-refractivity contribution is 7.99. The van der Waals surface area contributed by atoms with Crippen LogP contribution in [0, 0.1) is 0 Å². The van der Waals surface area contributed by atoms with Gasteiger partial charge < -0.3 is 14.2 Å². The lowest BCUT2D eigenvalue weighted by Gasteiger charge is -2.27. The van der Waals surface area contributed by atoms with E-state index in [0.29, 0.717) is 12.4 Å². The highest BCUT2D eigenvalue weighted by Gasteiger charge is 2.31. The minimum atomic E-state index is -0.932. The minimum absolute atomic E-state index is 0.422. The molecule has 0 N–H and O–H groups in total. The van der Waals surface area contributed by atoms with Crippen molar-refractivity contribution in [2.45, 2.75) is 19.1 Å². The summed E-state index contributed by atoms with van der Waals surface area (Å²) in [4.78, 5) is 22.2. The van der Waals surface area contributed by atoms with E-state index in [0.717, 1.165) is 18.2 Å². The van der Waals surface area contributed by atoms with Gasteiger partial charge in [-0.2, -0.15) is 11.8 Å². The molecule has 1 unspecified atom stereocenters. The van der Waals surface area contributed by atoms with E-state index in [4.69, 9.17) is 9.47 Å². The molecule has 0 saturated carbocycles. The van der Waals surface area contributed by atoms with Gasteiger partial charge >= 0.3 is 11.9 Å². The van der Waals surface area contributed by atoms with Crippen LogP contribution in [0.1, 0.15) is 13.3 Å². The molecular weight excluding hydrogens is 244 g/mol. The van der Waals surface area contributed by atoms with Gasteiger partial charge in [-0.15, -0.1) is 0 Å². The molecule has 17 heavy (non-hydrogen) atoms. The van der Waals surface area contributed by atoms with E-state index in [-0.39, 0.29) is 0 Å². The Morgan fingerprint density at radius 3 is 3.06 bits per heavy atom. The zero-order chi connectivity index (χ0) is 12.7. The minimum Gasteiger partial charge on any atom is -0.451 e. The van der Waals surface area contributed by atoms with E-state index in [1.807, 2.05) is 0 Å². The first kappa shape index (κ1) is 14.1. The van der Waals surface area contributed by atoms with Crippen molar-refractivity contribution in [2.24, 2.45) is 0 Å². The molecule has 0 aromatic carbocycles. The second-order valence-corrected chi connectivity index (χ2v) is 4.78. The molecule has 0 aromatic rings. The van der Waals surface area contributed by atoms with Crippen molar-refractivity contribution in [3.8, 4) is 0 Å². The molecule has 1 aliphatic rings. The van der Waals surface area contributed by atoms with Crippen LogP contribution in [0.2, 0.25) is 0 Å². The molecule has 0 spiro atoms. The van der Waals surface area contributed by atoms with Gasteiger partial charge in [-0.25, -0.2) is 9.59 Å². The first-order valence-corrected chi connectivity index (χ1v) is 6.44. The predicted molar refractivity (Wildman–Crippen MR) is 63.5 cm³/mol. The van der Waals surface area contributed by atoms with Gasteiger partial charge in [0.05, 0.1) is 12.4 Å². The second-order valence-electron chi connectivity index (χ2n) is 3.67. The Labute approximate surface area is 104 Å². The summed E-state index contributed by atoms with van der Waals surface area (Å²) in [6, 6.07) is 0. The van der Waals surface area contributed by atoms with Crippen molar-refractivity contribution in [3.63, 3.8) is 0 Å². The van der Waals surface area contributed by atoms with Crippen LogP contribution in [0.15, 0.2) is 12.7 Å². The zero-order valence-electron chi connectivity index (χ0n) is 9.77. The lowest BCUT2D eigenvalue weighted by Crippen LogP contribution is -2.38. The van der Waals surface area contributed by atoms with Crippen molar-refractivity contribution in [3.05, 3.63) is 12.7 Å². The van der Waals surface area contributed by atoms with E-state index in [1.54, 1.807) is 18.7 Å². The standard InChI is InChI=1S/C11H16O5S/c1-3-9(12)14-7-10(13)16-11(2)8-17-6-4-5-15-11/h3H,1,4-8H2,2H3. The molecule has 96 valence electrons. The van der Waals surface area contributed by atoms with Gasteiger partial charge in [0.1, 0.15) is 0 Å². The highest BCUT2D eigenvalue weighted by atomic mass is 32.2. The number of carbonyl (C=O) groups excluding carboxylic acids is 2. The molecule has 1 fully saturated rings. The van der Waals surface area contributed by atoms with Gasteiger partial charge in [0, 0.05) is 13.0 Å². The molecule has 1 rings (SSSR count). The average Bonchev–Trinajstić information content (AvgIpc) is 2.50. The fourth-order valence-corrected chi connectivity index (χ4v) is 2.25. The molecule has 0 radical (unpaired) electrons. The third kappa shape index (κ3) is 5.23. The molecule has 5 nitrogen and oxygen atoms in total. The van der Waals surface area contributed by atoms with E-state index >= 15 is 0 Å². The monoisotopic (exact) mass is 260 g/mol. The molecule has 1 saturated heterocycles. The van der Waals surface area contributed by atoms with Crippen LogP contribution in [0.25, 0.3) is 0 Å². The molecule has 1 heterocycles. The Bertz CT molecular complexity index is 294. The van der Waals surface area contributed by atoms with Gasteiger partial charge in [-0.3, -0.25) is 0 Å². The second kappa shape index (κ2) is 6.66. The third-order valence-corrected chi connectivity index (χ3v) is 3.34. The van der Waals surface area contributed by atoms with Gasteiger partial charge in [0.25, 0.3) is 0 Å². The van der Waals surface area contributed by atoms with Crippen molar-refractivity contribution < 1.29 is 23.8 Å². The van der Waals surface area contributed by atoms with Crippen LogP contribution in [0.3, 0.4) is 0 Å². The van der Waals surface area contributed by atoms with Crippen molar-refractivity contribution >= 4 is 23.7 Å². The van der Waals surface area contributed by atoms with Gasteiger partial charge in [-0.1, -0.05) is 6.58 Å². The SMILES string of the molecule is C=CC(=O)OCC(=O)OC1(C)CSCCCO1. The molecule has 0 bridgehead atoms. The lowest BCUT2D eigenvalue weighted by molar-refractivity contribution is -0.215. The first-order chi connectivity index (χ1) is 8.06. The van der Waals surface area contributed by atoms with Gasteiger partial charge in [0.15, 0.2) is 6.61 Å². The Kier molecular flexibility index (Phi) is 5.50. The average molecular weight is 260 g/mol. The molecule has 1 atom stereocenters. The first-order valence-electron chi connectivity index (χ1n) is 5.28. The Hall–Kier alpha value is -1.01. The maximum Gasteiger partial charge on any atom is 0.346 e. The normalized spacial score (nSPS) is 24.5. The Morgan fingerprint density at radius 1 is 1.59 bits per heavy atom. The summed E-state index contributed by atoms with van der Waals surface area (Å²) in [6.07, 6.45) is 1.93. The molecular formula is C11H16O5S. The van der Waals surface area contributed by atoms with Crippen LogP contribution in [0.4, 0.5) is 0 Å². The smallest absolute Gasteiger partial charge is 0.346 e. The summed E-state index contributed by atoms with van der Waals surface area (Å²) >= 11 is 1.67. The fourth-order valence-electron chi connectivity index (χ4n) is 1.27. The van der Waals surface area contributed by atoms with Crippen molar-refractivity contribution in [1.82, 2.24) is 0 Å².